The number of benzene rings is 8. The first-order valence-corrected chi connectivity index (χ1v) is 20.1. The van der Waals surface area contributed by atoms with Crippen LogP contribution in [0.25, 0.3) is 33.4 Å². The Balaban J connectivity index is 1.23. The zero-order chi connectivity index (χ0) is 46.3. The molecule has 0 N–H and O–H groups in total. The van der Waals surface area contributed by atoms with E-state index in [0.717, 1.165) is 33.8 Å². The van der Waals surface area contributed by atoms with Crippen molar-refractivity contribution >= 4 is 17.1 Å². The molecule has 8 aromatic rings. The monoisotopic (exact) mass is 753 g/mol. The Morgan fingerprint density at radius 1 is 0.379 bits per heavy atom. The Bertz CT molecular complexity index is 3160. The summed E-state index contributed by atoms with van der Waals surface area (Å²) in [6.07, 6.45) is 0. The van der Waals surface area contributed by atoms with Crippen LogP contribution in [0.15, 0.2) is 176 Å². The molecule has 0 fully saturated rings. The second kappa shape index (κ2) is 12.3. The van der Waals surface area contributed by atoms with E-state index in [9.17, 15) is 2.74 Å². The minimum absolute atomic E-state index is 0.250. The summed E-state index contributed by atoms with van der Waals surface area (Å²) >= 11 is 0. The number of hydrogen-bond acceptors (Lipinski definition) is 1. The molecule has 11 rings (SSSR count). The predicted octanol–water partition coefficient (Wildman–Crippen LogP) is 14.7. The molecule has 0 unspecified atom stereocenters. The number of hydrogen-bond donors (Lipinski definition) is 0. The summed E-state index contributed by atoms with van der Waals surface area (Å²) in [5.41, 5.74) is 12.7. The summed E-state index contributed by atoms with van der Waals surface area (Å²) in [5, 5.41) is 0. The molecular weight excluding hydrogens is 699 g/mol. The molecule has 3 aliphatic rings. The Morgan fingerprint density at radius 3 is 1.36 bits per heavy atom. The van der Waals surface area contributed by atoms with Gasteiger partial charge >= 0.3 is 0 Å². The molecule has 0 aromatic heterocycles. The molecule has 280 valence electrons. The van der Waals surface area contributed by atoms with Crippen molar-refractivity contribution in [2.75, 3.05) is 4.90 Å². The van der Waals surface area contributed by atoms with E-state index in [-0.39, 0.29) is 22.0 Å². The van der Waals surface area contributed by atoms with Crippen molar-refractivity contribution in [2.24, 2.45) is 0 Å². The third kappa shape index (κ3) is 4.65. The van der Waals surface area contributed by atoms with Crippen molar-refractivity contribution in [3.8, 4) is 33.4 Å². The Labute approximate surface area is 354 Å². The molecular formula is C57H47N. The van der Waals surface area contributed by atoms with Crippen molar-refractivity contribution in [3.63, 3.8) is 0 Å². The van der Waals surface area contributed by atoms with Crippen LogP contribution < -0.4 is 4.90 Å². The van der Waals surface area contributed by atoms with Crippen molar-refractivity contribution < 1.29 is 11.0 Å². The molecule has 0 aliphatic heterocycles. The van der Waals surface area contributed by atoms with E-state index in [1.54, 1.807) is 0 Å². The predicted molar refractivity (Wildman–Crippen MR) is 243 cm³/mol. The zero-order valence-corrected chi connectivity index (χ0v) is 33.0. The summed E-state index contributed by atoms with van der Waals surface area (Å²) in [7, 11) is 0. The largest absolute Gasteiger partial charge is 0.310 e. The average molecular weight is 754 g/mol. The number of nitrogens with zero attached hydrogens (tertiary/aromatic N) is 1. The van der Waals surface area contributed by atoms with Crippen LogP contribution >= 0.6 is 0 Å². The first kappa shape index (κ1) is 27.2. The lowest BCUT2D eigenvalue weighted by Crippen LogP contribution is -2.28. The van der Waals surface area contributed by atoms with Crippen LogP contribution in [0.3, 0.4) is 0 Å². The SMILES string of the molecule is [2H]c1c2c(c([2H])c(C([2H])([2H])[2H])c1C([2H])([2H])[2H])C(c1ccccc1)(c1ccccc1)c1ccc(N(c3ccc4c(c3)C(C)(C)c3ccccc3-4)c3ccc4c(c3)C(C)(C)c3ccccc3-4)cc1-2. The molecule has 0 radical (unpaired) electrons. The van der Waals surface area contributed by atoms with Crippen LogP contribution in [-0.2, 0) is 16.2 Å². The topological polar surface area (TPSA) is 3.24 Å². The molecule has 0 heterocycles. The zero-order valence-electron chi connectivity index (χ0n) is 41.0. The van der Waals surface area contributed by atoms with Crippen LogP contribution in [0, 0.1) is 13.7 Å². The van der Waals surface area contributed by atoms with Gasteiger partial charge in [0.15, 0.2) is 0 Å². The van der Waals surface area contributed by atoms with Gasteiger partial charge in [-0.2, -0.15) is 0 Å². The van der Waals surface area contributed by atoms with E-state index in [0.29, 0.717) is 5.56 Å². The Hall–Kier alpha value is -6.44. The van der Waals surface area contributed by atoms with Gasteiger partial charge in [0.1, 0.15) is 0 Å². The van der Waals surface area contributed by atoms with E-state index < -0.39 is 42.3 Å². The van der Waals surface area contributed by atoms with Crippen LogP contribution in [0.5, 0.6) is 0 Å². The lowest BCUT2D eigenvalue weighted by atomic mass is 9.67. The molecule has 3 aliphatic carbocycles. The molecule has 0 amide bonds. The molecule has 0 saturated heterocycles. The van der Waals surface area contributed by atoms with Gasteiger partial charge in [0.25, 0.3) is 0 Å². The smallest absolute Gasteiger partial charge is 0.0713 e. The van der Waals surface area contributed by atoms with Crippen LogP contribution in [-0.4, -0.2) is 0 Å². The first-order valence-electron chi connectivity index (χ1n) is 24.1. The highest BCUT2D eigenvalue weighted by molar-refractivity contribution is 5.93. The maximum Gasteiger partial charge on any atom is 0.0713 e. The van der Waals surface area contributed by atoms with Crippen LogP contribution in [0.4, 0.5) is 17.1 Å². The molecule has 58 heavy (non-hydrogen) atoms. The van der Waals surface area contributed by atoms with Gasteiger partial charge < -0.3 is 4.90 Å². The minimum Gasteiger partial charge on any atom is -0.310 e. The molecule has 1 heteroatoms. The normalized spacial score (nSPS) is 17.9. The molecule has 0 atom stereocenters. The average Bonchev–Trinajstić information content (AvgIpc) is 3.83. The lowest BCUT2D eigenvalue weighted by Gasteiger charge is -2.34. The third-order valence-corrected chi connectivity index (χ3v) is 13.4. The maximum atomic E-state index is 9.96. The van der Waals surface area contributed by atoms with Gasteiger partial charge in [-0.3, -0.25) is 0 Å². The number of fused-ring (bicyclic) bond motifs is 9. The van der Waals surface area contributed by atoms with Gasteiger partial charge in [-0.1, -0.05) is 167 Å². The van der Waals surface area contributed by atoms with E-state index in [1.165, 1.54) is 44.5 Å². The van der Waals surface area contributed by atoms with E-state index in [4.69, 9.17) is 8.22 Å². The van der Waals surface area contributed by atoms with Crippen LogP contribution in [0.1, 0.15) is 94.3 Å². The molecule has 8 aromatic carbocycles. The maximum absolute atomic E-state index is 9.96. The summed E-state index contributed by atoms with van der Waals surface area (Å²) in [6, 6.07) is 55.2. The van der Waals surface area contributed by atoms with Gasteiger partial charge in [0.05, 0.1) is 8.16 Å². The molecule has 1 nitrogen and oxygen atoms in total. The first-order chi connectivity index (χ1) is 31.4. The number of rotatable bonds is 5. The highest BCUT2D eigenvalue weighted by Crippen LogP contribution is 2.59. The van der Waals surface area contributed by atoms with Crippen LogP contribution in [0.2, 0.25) is 0 Å². The Kier molecular flexibility index (Phi) is 5.77. The fraction of sp³-hybridized carbons (Fsp3) is 0.158. The highest BCUT2D eigenvalue weighted by atomic mass is 15.1. The van der Waals surface area contributed by atoms with Crippen molar-refractivity contribution in [2.45, 2.75) is 57.6 Å². The Morgan fingerprint density at radius 2 is 0.828 bits per heavy atom. The summed E-state index contributed by atoms with van der Waals surface area (Å²) in [5.74, 6) is 0. The number of anilines is 3. The second-order valence-electron chi connectivity index (χ2n) is 17.1. The van der Waals surface area contributed by atoms with Gasteiger partial charge in [0, 0.05) is 36.1 Å². The quantitative estimate of drug-likeness (QED) is 0.169. The molecule has 0 bridgehead atoms. The highest BCUT2D eigenvalue weighted by Gasteiger charge is 2.47. The van der Waals surface area contributed by atoms with E-state index in [1.807, 2.05) is 72.8 Å². The van der Waals surface area contributed by atoms with Gasteiger partial charge in [0.2, 0.25) is 0 Å². The molecule has 0 spiro atoms. The van der Waals surface area contributed by atoms with Gasteiger partial charge in [-0.05, 0) is 139 Å². The summed E-state index contributed by atoms with van der Waals surface area (Å²) in [6.45, 7) is 3.08. The van der Waals surface area contributed by atoms with Gasteiger partial charge in [-0.25, -0.2) is 0 Å². The van der Waals surface area contributed by atoms with E-state index >= 15 is 0 Å². The fourth-order valence-electron chi connectivity index (χ4n) is 10.6. The second-order valence-corrected chi connectivity index (χ2v) is 17.1. The van der Waals surface area contributed by atoms with E-state index in [2.05, 4.69) is 124 Å². The summed E-state index contributed by atoms with van der Waals surface area (Å²) in [4.78, 5) is 2.25. The van der Waals surface area contributed by atoms with Crippen molar-refractivity contribution in [3.05, 3.63) is 232 Å². The third-order valence-electron chi connectivity index (χ3n) is 13.4. The van der Waals surface area contributed by atoms with Gasteiger partial charge in [-0.15, -0.1) is 0 Å². The fourth-order valence-corrected chi connectivity index (χ4v) is 10.6. The standard InChI is InChI=1S/C57H47N/c1-36-31-47-48-33-40(27-30-51(48)57(54(47)32-37(36)2,38-17-9-7-10-18-38)39-19-11-8-12-20-39)58(41-25-28-45-43-21-13-15-23-49(43)55(3,4)52(45)34-41)42-26-29-46-44-22-14-16-24-50(44)56(5,6)53(46)35-42/h7-35H,1-6H3/i1D3,2D3,31D,32D. The van der Waals surface area contributed by atoms with Crippen molar-refractivity contribution in [1.29, 1.82) is 0 Å². The summed E-state index contributed by atoms with van der Waals surface area (Å²) < 4.78 is 72.0. The van der Waals surface area contributed by atoms with Crippen molar-refractivity contribution in [1.82, 2.24) is 0 Å². The molecule has 0 saturated carbocycles. The minimum atomic E-state index is -3.00. The lowest BCUT2D eigenvalue weighted by molar-refractivity contribution is 0.660.